The summed E-state index contributed by atoms with van der Waals surface area (Å²) in [4.78, 5) is 5.37. The summed E-state index contributed by atoms with van der Waals surface area (Å²) in [6.07, 6.45) is 0. The topological polar surface area (TPSA) is 29.9 Å². The molecular formula is C39H41N3. The normalized spacial score (nSPS) is 20.2. The van der Waals surface area contributed by atoms with Gasteiger partial charge in [0.2, 0.25) is 0 Å². The van der Waals surface area contributed by atoms with Crippen molar-refractivity contribution in [1.29, 1.82) is 0 Å². The van der Waals surface area contributed by atoms with Crippen molar-refractivity contribution in [2.45, 2.75) is 84.2 Å². The Kier molecular flexibility index (Phi) is 4.26. The van der Waals surface area contributed by atoms with Gasteiger partial charge >= 0.3 is 0 Å². The molecule has 0 saturated carbocycles. The van der Waals surface area contributed by atoms with Gasteiger partial charge in [0.1, 0.15) is 5.82 Å². The summed E-state index contributed by atoms with van der Waals surface area (Å²) >= 11 is 0. The van der Waals surface area contributed by atoms with Crippen LogP contribution in [0.15, 0.2) is 78.8 Å². The molecule has 1 aromatic heterocycles. The summed E-state index contributed by atoms with van der Waals surface area (Å²) in [5.74, 6) is 0.807. The first-order valence-electron chi connectivity index (χ1n) is 16.3. The summed E-state index contributed by atoms with van der Waals surface area (Å²) < 4.78 is 22.1. The summed E-state index contributed by atoms with van der Waals surface area (Å²) in [5, 5.41) is 4.08. The lowest BCUT2D eigenvalue weighted by atomic mass is 9.59. The van der Waals surface area contributed by atoms with E-state index in [1.807, 2.05) is 0 Å². The van der Waals surface area contributed by atoms with Gasteiger partial charge in [0.05, 0.1) is 13.8 Å². The fraction of sp³-hybridized carbons (Fsp3) is 0.359. The zero-order valence-corrected chi connectivity index (χ0v) is 26.2. The van der Waals surface area contributed by atoms with Gasteiger partial charge in [-0.3, -0.25) is 4.57 Å². The highest BCUT2D eigenvalue weighted by Gasteiger charge is 2.57. The molecule has 5 aromatic rings. The number of rotatable bonds is 0. The molecule has 1 aliphatic heterocycles. The van der Waals surface area contributed by atoms with Crippen molar-refractivity contribution in [2.24, 2.45) is 5.41 Å². The van der Waals surface area contributed by atoms with Crippen LogP contribution in [0.25, 0.3) is 33.5 Å². The number of nitrogens with zero attached hydrogens (tertiary/aromatic N) is 2. The highest BCUT2D eigenvalue weighted by Crippen LogP contribution is 2.63. The fourth-order valence-electron chi connectivity index (χ4n) is 7.98. The maximum absolute atomic E-state index is 10.0. The number of aromatic nitrogens is 2. The van der Waals surface area contributed by atoms with Crippen molar-refractivity contribution >= 4 is 16.7 Å². The van der Waals surface area contributed by atoms with Gasteiger partial charge in [0.15, 0.2) is 5.66 Å². The highest BCUT2D eigenvalue weighted by molar-refractivity contribution is 5.94. The molecule has 0 radical (unpaired) electrons. The first-order chi connectivity index (χ1) is 20.6. The number of fused-ring (bicyclic) bond motifs is 12. The van der Waals surface area contributed by atoms with Gasteiger partial charge in [-0.2, -0.15) is 0 Å². The predicted molar refractivity (Wildman–Crippen MR) is 175 cm³/mol. The summed E-state index contributed by atoms with van der Waals surface area (Å²) in [5.41, 5.74) is 9.55. The molecule has 0 bridgehead atoms. The molecule has 42 heavy (non-hydrogen) atoms. The molecular weight excluding hydrogens is 510 g/mol. The zero-order chi connectivity index (χ0) is 31.4. The van der Waals surface area contributed by atoms with Crippen LogP contribution in [0, 0.1) is 5.41 Å². The van der Waals surface area contributed by atoms with Gasteiger partial charge in [-0.05, 0) is 73.7 Å². The zero-order valence-electron chi connectivity index (χ0n) is 28.2. The fourth-order valence-corrected chi connectivity index (χ4v) is 7.98. The van der Waals surface area contributed by atoms with Crippen molar-refractivity contribution in [3.8, 4) is 22.5 Å². The molecule has 212 valence electrons. The van der Waals surface area contributed by atoms with E-state index in [0.717, 1.165) is 44.8 Å². The molecule has 3 heteroatoms. The Morgan fingerprint density at radius 3 is 1.88 bits per heavy atom. The third kappa shape index (κ3) is 2.81. The Labute approximate surface area is 252 Å². The van der Waals surface area contributed by atoms with Crippen molar-refractivity contribution in [2.75, 3.05) is 5.32 Å². The van der Waals surface area contributed by atoms with Gasteiger partial charge < -0.3 is 5.32 Å². The summed E-state index contributed by atoms with van der Waals surface area (Å²) in [6.45, 7) is 20.3. The van der Waals surface area contributed by atoms with Crippen LogP contribution in [0.1, 0.15) is 92.9 Å². The van der Waals surface area contributed by atoms with Crippen LogP contribution in [0.2, 0.25) is 0 Å². The average Bonchev–Trinajstić information content (AvgIpc) is 3.53. The molecule has 0 atom stereocenters. The molecule has 0 amide bonds. The molecule has 0 fully saturated rings. The number of benzene rings is 4. The van der Waals surface area contributed by atoms with Crippen molar-refractivity contribution in [1.82, 2.24) is 9.55 Å². The van der Waals surface area contributed by atoms with Crippen LogP contribution >= 0.6 is 0 Å². The minimum atomic E-state index is -0.828. The van der Waals surface area contributed by atoms with E-state index < -0.39 is 5.66 Å². The minimum Gasteiger partial charge on any atom is -0.354 e. The van der Waals surface area contributed by atoms with E-state index in [1.165, 1.54) is 16.7 Å². The predicted octanol–water partition coefficient (Wildman–Crippen LogP) is 9.75. The standard InChI is InChI=1S/C39H41N3/c1-35(2,3)23-18-19-26-31(20-23)41-39(27-16-12-10-14-24(27)25-15-11-13-17-28(25)39)42-33-22-30-29(21-32(33)40-34(26)42)36(4,5)38(8,9)37(30,6)7/h10-22,41H,1-9H3/i21D,22D. The second kappa shape index (κ2) is 7.56. The van der Waals surface area contributed by atoms with E-state index in [2.05, 4.69) is 139 Å². The molecule has 2 heterocycles. The Balaban J connectivity index is 1.59. The van der Waals surface area contributed by atoms with Crippen LogP contribution in [-0.2, 0) is 21.9 Å². The Hall–Kier alpha value is -3.85. The van der Waals surface area contributed by atoms with Crippen LogP contribution in [0.3, 0.4) is 0 Å². The third-order valence-electron chi connectivity index (χ3n) is 11.7. The van der Waals surface area contributed by atoms with Crippen LogP contribution < -0.4 is 5.32 Å². The largest absolute Gasteiger partial charge is 0.354 e. The highest BCUT2D eigenvalue weighted by atomic mass is 15.3. The molecule has 8 rings (SSSR count). The molecule has 3 nitrogen and oxygen atoms in total. The Bertz CT molecular complexity index is 2040. The van der Waals surface area contributed by atoms with E-state index in [4.69, 9.17) is 4.98 Å². The number of hydrogen-bond donors (Lipinski definition) is 1. The van der Waals surface area contributed by atoms with Gasteiger partial charge in [-0.1, -0.05) is 117 Å². The number of anilines is 1. The Morgan fingerprint density at radius 2 is 1.29 bits per heavy atom. The molecule has 1 N–H and O–H groups in total. The summed E-state index contributed by atoms with van der Waals surface area (Å²) in [7, 11) is 0. The molecule has 3 aliphatic rings. The number of nitrogens with one attached hydrogen (secondary N) is 1. The first kappa shape index (κ1) is 23.7. The van der Waals surface area contributed by atoms with E-state index in [9.17, 15) is 2.74 Å². The van der Waals surface area contributed by atoms with Crippen molar-refractivity contribution in [3.05, 3.63) is 107 Å². The van der Waals surface area contributed by atoms with E-state index >= 15 is 0 Å². The first-order valence-corrected chi connectivity index (χ1v) is 15.3. The number of imidazole rings is 1. The average molecular weight is 554 g/mol. The van der Waals surface area contributed by atoms with E-state index in [0.29, 0.717) is 17.6 Å². The molecule has 2 aliphatic carbocycles. The molecule has 0 saturated heterocycles. The van der Waals surface area contributed by atoms with Crippen LogP contribution in [0.5, 0.6) is 0 Å². The lowest BCUT2D eigenvalue weighted by Crippen LogP contribution is -2.45. The van der Waals surface area contributed by atoms with Gasteiger partial charge in [-0.25, -0.2) is 4.98 Å². The van der Waals surface area contributed by atoms with Gasteiger partial charge in [-0.15, -0.1) is 0 Å². The molecule has 4 aromatic carbocycles. The maximum Gasteiger partial charge on any atom is 0.170 e. The molecule has 0 unspecified atom stereocenters. The number of hydrogen-bond acceptors (Lipinski definition) is 2. The van der Waals surface area contributed by atoms with Crippen molar-refractivity contribution in [3.63, 3.8) is 0 Å². The van der Waals surface area contributed by atoms with E-state index in [1.54, 1.807) is 0 Å². The van der Waals surface area contributed by atoms with Gasteiger partial charge in [0.25, 0.3) is 0 Å². The van der Waals surface area contributed by atoms with Crippen LogP contribution in [0.4, 0.5) is 5.69 Å². The minimum absolute atomic E-state index is 0.0274. The lowest BCUT2D eigenvalue weighted by Gasteiger charge is -2.44. The molecule has 1 spiro atoms. The maximum atomic E-state index is 10.0. The van der Waals surface area contributed by atoms with Gasteiger partial charge in [0, 0.05) is 22.4 Å². The Morgan fingerprint density at radius 1 is 0.714 bits per heavy atom. The summed E-state index contributed by atoms with van der Waals surface area (Å²) in [6, 6.07) is 24.9. The van der Waals surface area contributed by atoms with Crippen LogP contribution in [-0.4, -0.2) is 9.55 Å². The smallest absolute Gasteiger partial charge is 0.170 e. The second-order valence-electron chi connectivity index (χ2n) is 15.3. The quantitative estimate of drug-likeness (QED) is 0.207. The van der Waals surface area contributed by atoms with Crippen molar-refractivity contribution < 1.29 is 2.74 Å². The lowest BCUT2D eigenvalue weighted by molar-refractivity contribution is 0.125. The van der Waals surface area contributed by atoms with E-state index in [-0.39, 0.29) is 21.7 Å². The third-order valence-corrected chi connectivity index (χ3v) is 11.7. The monoisotopic (exact) mass is 553 g/mol. The second-order valence-corrected chi connectivity index (χ2v) is 15.3. The SMILES string of the molecule is [2H]c1c2c(c([2H])c3c1nc1n3C3(Nc4cc(C(C)(C)C)ccc4-1)c1ccccc1-c1ccccc13)C(C)(C)C(C)(C)C2(C)C.